The van der Waals surface area contributed by atoms with Crippen LogP contribution in [0.1, 0.15) is 122 Å². The molecule has 85 heavy (non-hydrogen) atoms. The molecule has 4 aliphatic rings. The van der Waals surface area contributed by atoms with Crippen molar-refractivity contribution in [2.24, 2.45) is 12.5 Å². The summed E-state index contributed by atoms with van der Waals surface area (Å²) in [7, 11) is 4.38. The molecule has 2 aliphatic heterocycles. The topological polar surface area (TPSA) is 55.8 Å². The van der Waals surface area contributed by atoms with Gasteiger partial charge in [0, 0.05) is 59.0 Å². The van der Waals surface area contributed by atoms with E-state index in [0.29, 0.717) is 5.92 Å². The van der Waals surface area contributed by atoms with E-state index in [-0.39, 0.29) is 29.4 Å². The summed E-state index contributed by atoms with van der Waals surface area (Å²) < 4.78 is 11.8. The first-order valence-corrected chi connectivity index (χ1v) is 33.4. The average molecular weight is 1340 g/mol. The minimum Gasteiger partial charge on any atom is -1.00 e. The van der Waals surface area contributed by atoms with E-state index < -0.39 is 0 Å². The average Bonchev–Trinajstić information content (AvgIpc) is 4.04. The summed E-state index contributed by atoms with van der Waals surface area (Å²) in [6.45, 7) is 22.2. The monoisotopic (exact) mass is 1330 g/mol. The summed E-state index contributed by atoms with van der Waals surface area (Å²) in [4.78, 5) is 8.38. The van der Waals surface area contributed by atoms with Crippen molar-refractivity contribution >= 4 is 102 Å². The second-order valence-electron chi connectivity index (χ2n) is 23.6. The lowest BCUT2D eigenvalue weighted by molar-refractivity contribution is -0.777. The molecular formula is C72H79IN4O3S5. The van der Waals surface area contributed by atoms with Crippen molar-refractivity contribution in [2.45, 2.75) is 134 Å². The molecule has 0 saturated heterocycles. The molecule has 4 heterocycles. The quantitative estimate of drug-likeness (QED) is 0.0283. The molecule has 0 amide bonds. The Morgan fingerprint density at radius 1 is 0.635 bits per heavy atom. The maximum atomic E-state index is 9.43. The molecular weight excluding hydrogens is 1260 g/mol. The minimum absolute atomic E-state index is 0. The second kappa shape index (κ2) is 29.2. The molecule has 1 atom stereocenters. The van der Waals surface area contributed by atoms with Crippen LogP contribution in [0.25, 0.3) is 32.6 Å². The van der Waals surface area contributed by atoms with Crippen LogP contribution in [0.3, 0.4) is 0 Å². The first-order chi connectivity index (χ1) is 40.5. The molecule has 2 aliphatic carbocycles. The lowest BCUT2D eigenvalue weighted by Gasteiger charge is -2.31. The Morgan fingerprint density at radius 2 is 1.22 bits per heavy atom. The fourth-order valence-corrected chi connectivity index (χ4v) is 17.0. The van der Waals surface area contributed by atoms with Crippen LogP contribution in [0, 0.1) is 40.0 Å². The molecule has 7 nitrogen and oxygen atoms in total. The lowest BCUT2D eigenvalue weighted by Crippen LogP contribution is -3.00. The van der Waals surface area contributed by atoms with E-state index in [9.17, 15) is 5.26 Å². The van der Waals surface area contributed by atoms with Gasteiger partial charge in [0.1, 0.15) is 16.4 Å². The van der Waals surface area contributed by atoms with Crippen molar-refractivity contribution in [3.05, 3.63) is 227 Å². The van der Waals surface area contributed by atoms with E-state index in [1.807, 2.05) is 77.4 Å². The molecule has 0 N–H and O–H groups in total. The third-order valence-corrected chi connectivity index (χ3v) is 20.9. The Balaban J connectivity index is 0.000000171. The smallest absolute Gasteiger partial charge is 0.263 e. The normalized spacial score (nSPS) is 18.0. The van der Waals surface area contributed by atoms with Gasteiger partial charge in [-0.25, -0.2) is 0 Å². The van der Waals surface area contributed by atoms with Crippen LogP contribution in [-0.2, 0) is 23.0 Å². The molecule has 6 aromatic carbocycles. The van der Waals surface area contributed by atoms with Gasteiger partial charge in [-0.1, -0.05) is 158 Å². The van der Waals surface area contributed by atoms with Gasteiger partial charge in [-0.3, -0.25) is 5.04 Å². The molecule has 0 bridgehead atoms. The fourth-order valence-electron chi connectivity index (χ4n) is 11.7. The fraction of sp³-hybridized carbons (Fsp3) is 0.306. The number of allylic oxidation sites excluding steroid dienone is 8. The zero-order valence-electron chi connectivity index (χ0n) is 51.0. The van der Waals surface area contributed by atoms with E-state index in [2.05, 4.69) is 237 Å². The van der Waals surface area contributed by atoms with Crippen molar-refractivity contribution in [3.8, 4) is 0 Å². The highest BCUT2D eigenvalue weighted by atomic mass is 127. The Hall–Kier alpha value is -5.20. The number of fused-ring (bicyclic) bond motifs is 4. The van der Waals surface area contributed by atoms with Crippen molar-refractivity contribution in [3.63, 3.8) is 0 Å². The number of rotatable bonds is 13. The highest BCUT2D eigenvalue weighted by molar-refractivity contribution is 8.04. The van der Waals surface area contributed by atoms with Gasteiger partial charge < -0.3 is 39.0 Å². The van der Waals surface area contributed by atoms with E-state index in [0.717, 1.165) is 61.3 Å². The second-order valence-corrected chi connectivity index (χ2v) is 28.6. The van der Waals surface area contributed by atoms with Gasteiger partial charge >= 0.3 is 0 Å². The number of anilines is 2. The highest BCUT2D eigenvalue weighted by Gasteiger charge is 2.31. The molecule has 12 rings (SSSR count). The van der Waals surface area contributed by atoms with Gasteiger partial charge in [-0.15, -0.1) is 0 Å². The van der Waals surface area contributed by atoms with Crippen molar-refractivity contribution in [1.29, 1.82) is 0 Å². The number of benzene rings is 6. The number of nitrogens with zero attached hydrogens (tertiary/aromatic N) is 4. The van der Waals surface area contributed by atoms with Gasteiger partial charge in [0.15, 0.2) is 6.54 Å². The molecule has 8 aromatic rings. The van der Waals surface area contributed by atoms with Crippen LogP contribution in [0.5, 0.6) is 0 Å². The van der Waals surface area contributed by atoms with Gasteiger partial charge in [-0.2, -0.15) is 13.5 Å². The molecule has 2 aromatic heterocycles. The number of unbranched alkanes of at least 4 members (excludes halogenated alkanes) is 2. The lowest BCUT2D eigenvalue weighted by atomic mass is 9.75. The van der Waals surface area contributed by atoms with Crippen molar-refractivity contribution in [2.75, 3.05) is 23.4 Å². The largest absolute Gasteiger partial charge is 1.00 e. The Morgan fingerprint density at radius 3 is 1.92 bits per heavy atom. The first-order valence-electron chi connectivity index (χ1n) is 29.4. The number of thiazole rings is 2. The Bertz CT molecular complexity index is 3870. The predicted molar refractivity (Wildman–Crippen MR) is 358 cm³/mol. The highest BCUT2D eigenvalue weighted by Crippen LogP contribution is 2.49. The Kier molecular flexibility index (Phi) is 22.1. The van der Waals surface area contributed by atoms with Gasteiger partial charge in [0.25, 0.3) is 10.0 Å². The molecule has 13 heteroatoms. The zero-order chi connectivity index (χ0) is 59.1. The predicted octanol–water partition coefficient (Wildman–Crippen LogP) is 16.1. The van der Waals surface area contributed by atoms with Gasteiger partial charge in [-0.05, 0) is 196 Å². The van der Waals surface area contributed by atoms with Gasteiger partial charge in [0.05, 0.1) is 33.5 Å². The molecule has 0 fully saturated rings. The minimum atomic E-state index is 0. The van der Waals surface area contributed by atoms with Crippen LogP contribution >= 0.6 is 58.2 Å². The zero-order valence-corrected chi connectivity index (χ0v) is 57.2. The van der Waals surface area contributed by atoms with Crippen molar-refractivity contribution in [1.82, 2.24) is 0 Å². The standard InChI is InChI=1S/C33H41N2S2.C32H31N2S2.C7H8O3S.HI/c1-7-9-10-15-35-28-14-12-24(4)17-30(28)37-32(35)20-26-18-25(21-33(5,6)22-26)19-31-34(8-2)27-13-11-23(3)16-29(27)36-31;1-21-10-12-27-29(14-21)35-31(33(27)3)19-23-16-24(18-26(17-23)25-8-6-5-7-9-25)20-32-34(4)28-13-11-22(2)15-30(28)36-32;1-6-2-4-7(5-3-6)11-10-9-8;/h11-14,16-20H,7-10,15,21-22H2,1-6H3;5-16,19-20,26H,17-18H2,1-4H3;2-5,8H,1H3;1H/q2*+1;;/p-2. The summed E-state index contributed by atoms with van der Waals surface area (Å²) in [5.41, 5.74) is 19.2. The van der Waals surface area contributed by atoms with Crippen LogP contribution in [0.4, 0.5) is 11.4 Å². The van der Waals surface area contributed by atoms with Crippen LogP contribution in [-0.4, -0.2) is 13.6 Å². The summed E-state index contributed by atoms with van der Waals surface area (Å²) in [5.74, 6) is 0.484. The SMILES string of the molecule is CCCCC[n+]1c(C=C2C=C(C=C3Sc4cc(C)ccc4N3CC)CC(C)(C)C2)sc2cc(C)ccc21.Cc1ccc(SOO[O-])cc1.Cc1ccc2c(c1)SC(=CC1=CC(=Cc3sc4cc(C)ccc4[n+]3C)CC(c3ccccc3)C1)N2C.[I-]. The van der Waals surface area contributed by atoms with Crippen LogP contribution in [0.2, 0.25) is 0 Å². The summed E-state index contributed by atoms with van der Waals surface area (Å²) in [5, 5.41) is 18.0. The molecule has 0 spiro atoms. The molecule has 0 radical (unpaired) electrons. The van der Waals surface area contributed by atoms with Gasteiger partial charge in [0.2, 0.25) is 11.0 Å². The van der Waals surface area contributed by atoms with E-state index in [4.69, 9.17) is 0 Å². The summed E-state index contributed by atoms with van der Waals surface area (Å²) in [6.07, 6.45) is 22.8. The molecule has 0 saturated carbocycles. The molecule has 1 unspecified atom stereocenters. The number of thioether (sulfide) groups is 2. The Labute approximate surface area is 543 Å². The third kappa shape index (κ3) is 16.1. The number of halogens is 1. The number of aromatic nitrogens is 2. The maximum absolute atomic E-state index is 9.43. The van der Waals surface area contributed by atoms with Crippen molar-refractivity contribution < 1.29 is 47.7 Å². The number of hydrogen-bond donors (Lipinski definition) is 0. The first kappa shape index (κ1) is 64.3. The molecule has 442 valence electrons. The van der Waals surface area contributed by atoms with Crippen LogP contribution < -0.4 is 48.2 Å². The van der Waals surface area contributed by atoms with E-state index >= 15 is 0 Å². The van der Waals surface area contributed by atoms with Crippen LogP contribution in [0.15, 0.2) is 199 Å². The van der Waals surface area contributed by atoms with E-state index in [1.165, 1.54) is 131 Å². The number of hydrogen-bond acceptors (Lipinski definition) is 10. The summed E-state index contributed by atoms with van der Waals surface area (Å²) >= 11 is 8.54. The summed E-state index contributed by atoms with van der Waals surface area (Å²) in [6, 6.07) is 45.9. The number of aryl methyl sites for hydroxylation is 7. The maximum Gasteiger partial charge on any atom is 0.263 e. The third-order valence-electron chi connectivity index (χ3n) is 15.9. The van der Waals surface area contributed by atoms with E-state index in [1.54, 1.807) is 0 Å².